The van der Waals surface area contributed by atoms with Crippen molar-refractivity contribution in [3.8, 4) is 17.2 Å². The van der Waals surface area contributed by atoms with Crippen LogP contribution in [0.2, 0.25) is 0 Å². The SMILES string of the molecule is CCOC(=O)C1=C(C)N=c2s/c(=C\c3cccc(OC)c3OC(C)C)c(=O)n2[C@@H]1c1ccc(OCC)cc1. The molecule has 0 saturated carbocycles. The molecule has 8 nitrogen and oxygen atoms in total. The number of methoxy groups -OCH3 is 1. The van der Waals surface area contributed by atoms with Gasteiger partial charge in [-0.25, -0.2) is 9.79 Å². The molecule has 0 N–H and O–H groups in total. The third-order valence-corrected chi connectivity index (χ3v) is 6.88. The first kappa shape index (κ1) is 27.2. The Labute approximate surface area is 225 Å². The van der Waals surface area contributed by atoms with Crippen molar-refractivity contribution < 1.29 is 23.7 Å². The molecule has 1 aliphatic heterocycles. The second-order valence-corrected chi connectivity index (χ2v) is 9.86. The lowest BCUT2D eigenvalue weighted by atomic mass is 9.96. The van der Waals surface area contributed by atoms with Gasteiger partial charge in [-0.1, -0.05) is 35.6 Å². The summed E-state index contributed by atoms with van der Waals surface area (Å²) in [6, 6.07) is 12.2. The zero-order valence-corrected chi connectivity index (χ0v) is 23.3. The van der Waals surface area contributed by atoms with Crippen molar-refractivity contribution in [2.75, 3.05) is 20.3 Å². The van der Waals surface area contributed by atoms with Crippen LogP contribution in [0.4, 0.5) is 0 Å². The standard InChI is InChI=1S/C29H32N2O6S/c1-7-35-21-14-12-19(13-15-21)25-24(28(33)36-8-2)18(5)30-29-31(25)27(32)23(38-29)16-20-10-9-11-22(34-6)26(20)37-17(3)4/h9-17,25H,7-8H2,1-6H3/b23-16-/t25-/m1/s1. The Bertz CT molecular complexity index is 1530. The zero-order valence-electron chi connectivity index (χ0n) is 22.4. The van der Waals surface area contributed by atoms with E-state index in [1.165, 1.54) is 11.3 Å². The van der Waals surface area contributed by atoms with Gasteiger partial charge in [0.25, 0.3) is 5.56 Å². The Kier molecular flexibility index (Phi) is 8.36. The van der Waals surface area contributed by atoms with Crippen molar-refractivity contribution in [2.45, 2.75) is 46.8 Å². The summed E-state index contributed by atoms with van der Waals surface area (Å²) in [7, 11) is 1.58. The van der Waals surface area contributed by atoms with Gasteiger partial charge < -0.3 is 18.9 Å². The van der Waals surface area contributed by atoms with Crippen LogP contribution in [0, 0.1) is 0 Å². The minimum Gasteiger partial charge on any atom is -0.494 e. The van der Waals surface area contributed by atoms with Gasteiger partial charge in [0.15, 0.2) is 16.3 Å². The molecule has 2 aromatic carbocycles. The van der Waals surface area contributed by atoms with Gasteiger partial charge in [0.05, 0.1) is 48.3 Å². The van der Waals surface area contributed by atoms with Crippen LogP contribution in [0.15, 0.2) is 63.5 Å². The number of ether oxygens (including phenoxy) is 4. The zero-order chi connectivity index (χ0) is 27.4. The van der Waals surface area contributed by atoms with E-state index in [0.29, 0.717) is 50.0 Å². The van der Waals surface area contributed by atoms with Crippen LogP contribution in [0.25, 0.3) is 6.08 Å². The summed E-state index contributed by atoms with van der Waals surface area (Å²) in [5.74, 6) is 1.34. The molecular weight excluding hydrogens is 504 g/mol. The van der Waals surface area contributed by atoms with E-state index in [0.717, 1.165) is 5.56 Å². The van der Waals surface area contributed by atoms with Gasteiger partial charge in [-0.3, -0.25) is 9.36 Å². The summed E-state index contributed by atoms with van der Waals surface area (Å²) in [6.45, 7) is 10.0. The fraction of sp³-hybridized carbons (Fsp3) is 0.345. The van der Waals surface area contributed by atoms with Crippen molar-refractivity contribution in [3.05, 3.63) is 84.5 Å². The van der Waals surface area contributed by atoms with E-state index in [4.69, 9.17) is 18.9 Å². The molecule has 4 rings (SSSR count). The van der Waals surface area contributed by atoms with Crippen LogP contribution >= 0.6 is 11.3 Å². The summed E-state index contributed by atoms with van der Waals surface area (Å²) in [5.41, 5.74) is 2.05. The molecule has 38 heavy (non-hydrogen) atoms. The molecule has 0 spiro atoms. The van der Waals surface area contributed by atoms with Crippen LogP contribution in [-0.2, 0) is 9.53 Å². The molecule has 0 radical (unpaired) electrons. The van der Waals surface area contributed by atoms with Crippen molar-refractivity contribution in [1.29, 1.82) is 0 Å². The Morgan fingerprint density at radius 1 is 1.13 bits per heavy atom. The number of fused-ring (bicyclic) bond motifs is 1. The van der Waals surface area contributed by atoms with Crippen molar-refractivity contribution >= 4 is 23.4 Å². The molecule has 1 aromatic heterocycles. The Balaban J connectivity index is 1.93. The molecule has 3 aromatic rings. The number of aromatic nitrogens is 1. The maximum atomic E-state index is 13.9. The van der Waals surface area contributed by atoms with Gasteiger partial charge in [0.2, 0.25) is 0 Å². The highest BCUT2D eigenvalue weighted by atomic mass is 32.1. The molecule has 200 valence electrons. The van der Waals surface area contributed by atoms with Crippen LogP contribution in [0.5, 0.6) is 17.2 Å². The highest BCUT2D eigenvalue weighted by Crippen LogP contribution is 2.33. The topological polar surface area (TPSA) is 88.4 Å². The molecule has 0 bridgehead atoms. The first-order chi connectivity index (χ1) is 18.3. The second kappa shape index (κ2) is 11.7. The predicted octanol–water partition coefficient (Wildman–Crippen LogP) is 3.99. The molecule has 0 unspecified atom stereocenters. The average Bonchev–Trinajstić information content (AvgIpc) is 3.19. The fourth-order valence-electron chi connectivity index (χ4n) is 4.33. The third kappa shape index (κ3) is 5.38. The van der Waals surface area contributed by atoms with Gasteiger partial charge in [0.1, 0.15) is 5.75 Å². The lowest BCUT2D eigenvalue weighted by molar-refractivity contribution is -0.139. The summed E-state index contributed by atoms with van der Waals surface area (Å²) < 4.78 is 24.5. The number of nitrogens with zero attached hydrogens (tertiary/aromatic N) is 2. The highest BCUT2D eigenvalue weighted by molar-refractivity contribution is 7.07. The second-order valence-electron chi connectivity index (χ2n) is 8.85. The molecule has 0 fully saturated rings. The van der Waals surface area contributed by atoms with E-state index in [1.807, 2.05) is 63.2 Å². The molecule has 9 heteroatoms. The van der Waals surface area contributed by atoms with Crippen molar-refractivity contribution in [3.63, 3.8) is 0 Å². The number of carbonyl (C=O) groups excluding carboxylic acids is 1. The van der Waals surface area contributed by atoms with E-state index in [9.17, 15) is 9.59 Å². The fourth-order valence-corrected chi connectivity index (χ4v) is 5.37. The Morgan fingerprint density at radius 2 is 1.87 bits per heavy atom. The first-order valence-corrected chi connectivity index (χ1v) is 13.4. The predicted molar refractivity (Wildman–Crippen MR) is 147 cm³/mol. The van der Waals surface area contributed by atoms with E-state index in [2.05, 4.69) is 4.99 Å². The number of rotatable bonds is 9. The lowest BCUT2D eigenvalue weighted by Crippen LogP contribution is -2.39. The number of esters is 1. The minimum absolute atomic E-state index is 0.0888. The summed E-state index contributed by atoms with van der Waals surface area (Å²) in [5, 5.41) is 0. The van der Waals surface area contributed by atoms with Crippen LogP contribution in [0.1, 0.15) is 51.8 Å². The maximum absolute atomic E-state index is 13.9. The van der Waals surface area contributed by atoms with E-state index < -0.39 is 12.0 Å². The number of thiazole rings is 1. The van der Waals surface area contributed by atoms with Crippen LogP contribution in [-0.4, -0.2) is 37.0 Å². The number of allylic oxidation sites excluding steroid dienone is 1. The molecule has 0 aliphatic carbocycles. The van der Waals surface area contributed by atoms with Gasteiger partial charge in [-0.05, 0) is 64.5 Å². The first-order valence-electron chi connectivity index (χ1n) is 12.5. The lowest BCUT2D eigenvalue weighted by Gasteiger charge is -2.24. The van der Waals surface area contributed by atoms with E-state index >= 15 is 0 Å². The largest absolute Gasteiger partial charge is 0.494 e. The van der Waals surface area contributed by atoms with Crippen LogP contribution < -0.4 is 29.1 Å². The normalized spacial score (nSPS) is 15.2. The summed E-state index contributed by atoms with van der Waals surface area (Å²) >= 11 is 1.26. The molecule has 1 aliphatic rings. The van der Waals surface area contributed by atoms with Gasteiger partial charge in [-0.15, -0.1) is 0 Å². The van der Waals surface area contributed by atoms with Gasteiger partial charge in [0, 0.05) is 5.56 Å². The maximum Gasteiger partial charge on any atom is 0.338 e. The molecule has 1 atom stereocenters. The summed E-state index contributed by atoms with van der Waals surface area (Å²) in [4.78, 5) is 32.1. The van der Waals surface area contributed by atoms with Crippen LogP contribution in [0.3, 0.4) is 0 Å². The Hall–Kier alpha value is -3.85. The third-order valence-electron chi connectivity index (χ3n) is 5.89. The minimum atomic E-state index is -0.695. The van der Waals surface area contributed by atoms with E-state index in [1.54, 1.807) is 31.6 Å². The van der Waals surface area contributed by atoms with Gasteiger partial charge in [-0.2, -0.15) is 0 Å². The quantitative estimate of drug-likeness (QED) is 0.384. The van der Waals surface area contributed by atoms with Crippen molar-refractivity contribution in [2.24, 2.45) is 4.99 Å². The Morgan fingerprint density at radius 3 is 2.50 bits per heavy atom. The monoisotopic (exact) mass is 536 g/mol. The smallest absolute Gasteiger partial charge is 0.338 e. The number of para-hydroxylation sites is 1. The van der Waals surface area contributed by atoms with E-state index in [-0.39, 0.29) is 18.3 Å². The number of hydrogen-bond donors (Lipinski definition) is 0. The highest BCUT2D eigenvalue weighted by Gasteiger charge is 2.33. The molecule has 0 amide bonds. The summed E-state index contributed by atoms with van der Waals surface area (Å²) in [6.07, 6.45) is 1.69. The number of carbonyl (C=O) groups is 1. The van der Waals surface area contributed by atoms with Gasteiger partial charge >= 0.3 is 5.97 Å². The average molecular weight is 537 g/mol. The molecule has 0 saturated heterocycles. The van der Waals surface area contributed by atoms with Crippen molar-refractivity contribution in [1.82, 2.24) is 4.57 Å². The molecular formula is C29H32N2O6S. The number of benzene rings is 2. The number of hydrogen-bond acceptors (Lipinski definition) is 8. The molecule has 2 heterocycles.